The molecule has 0 fully saturated rings. The van der Waals surface area contributed by atoms with Gasteiger partial charge >= 0.3 is 0 Å². The van der Waals surface area contributed by atoms with Crippen molar-refractivity contribution in [2.24, 2.45) is 5.92 Å². The van der Waals surface area contributed by atoms with Crippen molar-refractivity contribution in [3.05, 3.63) is 29.6 Å². The second-order valence-electron chi connectivity index (χ2n) is 4.98. The van der Waals surface area contributed by atoms with E-state index < -0.39 is 0 Å². The van der Waals surface area contributed by atoms with Crippen molar-refractivity contribution in [2.45, 2.75) is 32.7 Å². The fourth-order valence-corrected chi connectivity index (χ4v) is 2.14. The number of benzene rings is 1. The van der Waals surface area contributed by atoms with Gasteiger partial charge < -0.3 is 10.1 Å². The Bertz CT molecular complexity index is 378. The second-order valence-corrected chi connectivity index (χ2v) is 4.98. The largest absolute Gasteiger partial charge is 0.490 e. The lowest BCUT2D eigenvalue weighted by molar-refractivity contribution is 0.240. The summed E-state index contributed by atoms with van der Waals surface area (Å²) in [6.45, 7) is 5.98. The van der Waals surface area contributed by atoms with Gasteiger partial charge in [-0.2, -0.15) is 0 Å². The number of fused-ring (bicyclic) bond motifs is 1. The lowest BCUT2D eigenvalue weighted by Crippen LogP contribution is -2.28. The van der Waals surface area contributed by atoms with Crippen molar-refractivity contribution >= 4 is 0 Å². The van der Waals surface area contributed by atoms with Gasteiger partial charge in [-0.15, -0.1) is 0 Å². The van der Waals surface area contributed by atoms with Gasteiger partial charge in [0.05, 0.1) is 6.61 Å². The Morgan fingerprint density at radius 2 is 2.29 bits per heavy atom. The van der Waals surface area contributed by atoms with Crippen molar-refractivity contribution < 1.29 is 9.13 Å². The number of nitrogens with one attached hydrogen (secondary N) is 1. The average Bonchev–Trinajstić information content (AvgIpc) is 2.30. The van der Waals surface area contributed by atoms with Crippen LogP contribution in [0.2, 0.25) is 0 Å². The molecule has 17 heavy (non-hydrogen) atoms. The van der Waals surface area contributed by atoms with E-state index in [0.717, 1.165) is 24.9 Å². The molecule has 1 aliphatic rings. The summed E-state index contributed by atoms with van der Waals surface area (Å²) in [6, 6.07) is 5.38. The zero-order valence-corrected chi connectivity index (χ0v) is 10.5. The number of hydrogen-bond donors (Lipinski definition) is 1. The number of halogens is 1. The van der Waals surface area contributed by atoms with Crippen LogP contribution in [0.3, 0.4) is 0 Å². The highest BCUT2D eigenvalue weighted by atomic mass is 19.1. The van der Waals surface area contributed by atoms with Gasteiger partial charge in [0.1, 0.15) is 0 Å². The maximum absolute atomic E-state index is 13.5. The number of rotatable bonds is 4. The third-order valence-electron chi connectivity index (χ3n) is 3.14. The van der Waals surface area contributed by atoms with Gasteiger partial charge in [-0.3, -0.25) is 0 Å². The van der Waals surface area contributed by atoms with Crippen LogP contribution in [0.5, 0.6) is 5.75 Å². The van der Waals surface area contributed by atoms with Crippen LogP contribution in [-0.2, 0) is 0 Å². The average molecular weight is 237 g/mol. The molecular formula is C14H20FNO. The minimum atomic E-state index is -0.252. The van der Waals surface area contributed by atoms with Crippen molar-refractivity contribution in [2.75, 3.05) is 13.2 Å². The molecule has 2 rings (SSSR count). The first kappa shape index (κ1) is 12.4. The summed E-state index contributed by atoms with van der Waals surface area (Å²) in [4.78, 5) is 0. The molecule has 0 bridgehead atoms. The van der Waals surface area contributed by atoms with E-state index in [-0.39, 0.29) is 11.9 Å². The van der Waals surface area contributed by atoms with Crippen molar-refractivity contribution in [1.82, 2.24) is 5.32 Å². The van der Waals surface area contributed by atoms with Crippen molar-refractivity contribution in [3.8, 4) is 5.75 Å². The Morgan fingerprint density at radius 3 is 3.06 bits per heavy atom. The molecule has 2 nitrogen and oxygen atoms in total. The third-order valence-corrected chi connectivity index (χ3v) is 3.14. The van der Waals surface area contributed by atoms with Crippen molar-refractivity contribution in [1.29, 1.82) is 0 Å². The van der Waals surface area contributed by atoms with Gasteiger partial charge in [0.15, 0.2) is 11.6 Å². The summed E-state index contributed by atoms with van der Waals surface area (Å²) in [6.07, 6.45) is 2.05. The molecular weight excluding hydrogens is 217 g/mol. The van der Waals surface area contributed by atoms with Crippen LogP contribution in [0.4, 0.5) is 4.39 Å². The quantitative estimate of drug-likeness (QED) is 0.867. The summed E-state index contributed by atoms with van der Waals surface area (Å²) in [5.74, 6) is 0.868. The van der Waals surface area contributed by atoms with Gasteiger partial charge in [-0.25, -0.2) is 4.39 Å². The molecule has 0 spiro atoms. The molecule has 0 aromatic heterocycles. The lowest BCUT2D eigenvalue weighted by Gasteiger charge is -2.27. The maximum atomic E-state index is 13.5. The van der Waals surface area contributed by atoms with E-state index in [4.69, 9.17) is 4.74 Å². The Hall–Kier alpha value is -1.09. The molecule has 1 aliphatic heterocycles. The molecule has 1 heterocycles. The highest BCUT2D eigenvalue weighted by molar-refractivity contribution is 5.38. The molecule has 0 amide bonds. The predicted molar refractivity (Wildman–Crippen MR) is 66.7 cm³/mol. The second kappa shape index (κ2) is 5.50. The SMILES string of the molecule is CC(C)CCNC1CCOc2c(F)cccc21. The number of para-hydroxylation sites is 1. The third kappa shape index (κ3) is 2.97. The molecule has 1 atom stereocenters. The van der Waals surface area contributed by atoms with Crippen LogP contribution in [-0.4, -0.2) is 13.2 Å². The first-order chi connectivity index (χ1) is 8.18. The van der Waals surface area contributed by atoms with Crippen LogP contribution in [0.1, 0.15) is 38.3 Å². The highest BCUT2D eigenvalue weighted by Crippen LogP contribution is 2.33. The van der Waals surface area contributed by atoms with E-state index in [0.29, 0.717) is 18.3 Å². The van der Waals surface area contributed by atoms with E-state index in [1.54, 1.807) is 6.07 Å². The normalized spacial score (nSPS) is 18.9. The fourth-order valence-electron chi connectivity index (χ4n) is 2.14. The fraction of sp³-hybridized carbons (Fsp3) is 0.571. The van der Waals surface area contributed by atoms with E-state index in [1.165, 1.54) is 6.07 Å². The smallest absolute Gasteiger partial charge is 0.165 e. The van der Waals surface area contributed by atoms with Gasteiger partial charge in [0.25, 0.3) is 0 Å². The zero-order chi connectivity index (χ0) is 12.3. The van der Waals surface area contributed by atoms with Gasteiger partial charge in [-0.1, -0.05) is 26.0 Å². The molecule has 1 unspecified atom stereocenters. The summed E-state index contributed by atoms with van der Waals surface area (Å²) < 4.78 is 18.9. The molecule has 1 aromatic rings. The molecule has 0 saturated carbocycles. The molecule has 3 heteroatoms. The highest BCUT2D eigenvalue weighted by Gasteiger charge is 2.23. The first-order valence-corrected chi connectivity index (χ1v) is 6.33. The molecule has 1 aromatic carbocycles. The number of ether oxygens (including phenoxy) is 1. The molecule has 0 aliphatic carbocycles. The Balaban J connectivity index is 2.04. The predicted octanol–water partition coefficient (Wildman–Crippen LogP) is 3.29. The van der Waals surface area contributed by atoms with Crippen LogP contribution >= 0.6 is 0 Å². The maximum Gasteiger partial charge on any atom is 0.165 e. The number of hydrogen-bond acceptors (Lipinski definition) is 2. The Kier molecular flexibility index (Phi) is 4.00. The standard InChI is InChI=1S/C14H20FNO/c1-10(2)6-8-16-13-7-9-17-14-11(13)4-3-5-12(14)15/h3-5,10,13,16H,6-9H2,1-2H3. The van der Waals surface area contributed by atoms with E-state index in [2.05, 4.69) is 19.2 Å². The van der Waals surface area contributed by atoms with Crippen LogP contribution in [0.25, 0.3) is 0 Å². The summed E-state index contributed by atoms with van der Waals surface area (Å²) >= 11 is 0. The van der Waals surface area contributed by atoms with Gasteiger partial charge in [0, 0.05) is 18.0 Å². The topological polar surface area (TPSA) is 21.3 Å². The molecule has 1 N–H and O–H groups in total. The van der Waals surface area contributed by atoms with Crippen molar-refractivity contribution in [3.63, 3.8) is 0 Å². The van der Waals surface area contributed by atoms with E-state index >= 15 is 0 Å². The zero-order valence-electron chi connectivity index (χ0n) is 10.5. The molecule has 94 valence electrons. The summed E-state index contributed by atoms with van der Waals surface area (Å²) in [5, 5.41) is 3.49. The Morgan fingerprint density at radius 1 is 1.47 bits per heavy atom. The lowest BCUT2D eigenvalue weighted by atomic mass is 10.00. The van der Waals surface area contributed by atoms with Crippen LogP contribution in [0, 0.1) is 11.7 Å². The van der Waals surface area contributed by atoms with E-state index in [1.807, 2.05) is 6.07 Å². The Labute approximate surface area is 102 Å². The molecule has 0 radical (unpaired) electrons. The van der Waals surface area contributed by atoms with Gasteiger partial charge in [0.2, 0.25) is 0 Å². The summed E-state index contributed by atoms with van der Waals surface area (Å²) in [7, 11) is 0. The summed E-state index contributed by atoms with van der Waals surface area (Å²) in [5.41, 5.74) is 0.958. The minimum Gasteiger partial charge on any atom is -0.490 e. The molecule has 0 saturated heterocycles. The van der Waals surface area contributed by atoms with Crippen LogP contribution in [0.15, 0.2) is 18.2 Å². The monoisotopic (exact) mass is 237 g/mol. The van der Waals surface area contributed by atoms with E-state index in [9.17, 15) is 4.39 Å². The van der Waals surface area contributed by atoms with Crippen LogP contribution < -0.4 is 10.1 Å². The minimum absolute atomic E-state index is 0.230. The first-order valence-electron chi connectivity index (χ1n) is 6.33. The van der Waals surface area contributed by atoms with Gasteiger partial charge in [-0.05, 0) is 24.9 Å².